The van der Waals surface area contributed by atoms with Crippen molar-refractivity contribution in [1.82, 2.24) is 4.90 Å². The predicted molar refractivity (Wildman–Crippen MR) is 117 cm³/mol. The van der Waals surface area contributed by atoms with Crippen molar-refractivity contribution in [3.05, 3.63) is 35.0 Å². The molecule has 2 atom stereocenters. The summed E-state index contributed by atoms with van der Waals surface area (Å²) in [5, 5.41) is 0.404. The monoisotopic (exact) mass is 432 g/mol. The zero-order valence-corrected chi connectivity index (χ0v) is 18.9. The highest BCUT2D eigenvalue weighted by atomic mass is 32.2. The first-order valence-electron chi connectivity index (χ1n) is 10.2. The standard InChI is InChI=1S/C22H28N2O5S/c1-6-11-29-15-10-9-14(12-16(15)28-8-3)19-18(21(26)27-5)13(4)23-22-24(19)20(25)17(7-2)30-22/h9-10,12,17,19H,6-8,11H2,1-5H3/t17-,19+/m1/s1. The van der Waals surface area contributed by atoms with Crippen LogP contribution in [0.1, 0.15) is 52.1 Å². The van der Waals surface area contributed by atoms with Gasteiger partial charge in [0.05, 0.1) is 42.9 Å². The molecule has 0 spiro atoms. The maximum Gasteiger partial charge on any atom is 0.338 e. The summed E-state index contributed by atoms with van der Waals surface area (Å²) in [4.78, 5) is 32.0. The first kappa shape index (κ1) is 22.2. The van der Waals surface area contributed by atoms with E-state index in [0.717, 1.165) is 12.0 Å². The van der Waals surface area contributed by atoms with Crippen molar-refractivity contribution in [3.8, 4) is 11.5 Å². The highest BCUT2D eigenvalue weighted by Crippen LogP contribution is 2.45. The molecule has 30 heavy (non-hydrogen) atoms. The molecule has 8 heteroatoms. The van der Waals surface area contributed by atoms with Crippen LogP contribution >= 0.6 is 11.8 Å². The van der Waals surface area contributed by atoms with Gasteiger partial charge >= 0.3 is 5.97 Å². The SMILES string of the molecule is CCCOc1ccc([C@H]2C(C(=O)OC)=C(C)N=C3S[C@H](CC)C(=O)N32)cc1OCC. The normalized spacial score (nSPS) is 20.8. The molecule has 2 heterocycles. The lowest BCUT2D eigenvalue weighted by Gasteiger charge is -2.33. The van der Waals surface area contributed by atoms with Crippen LogP contribution in [0.15, 0.2) is 34.5 Å². The molecule has 1 saturated heterocycles. The van der Waals surface area contributed by atoms with Crippen LogP contribution in [0.5, 0.6) is 11.5 Å². The second kappa shape index (κ2) is 9.55. The van der Waals surface area contributed by atoms with Gasteiger partial charge in [-0.05, 0) is 44.4 Å². The van der Waals surface area contributed by atoms with E-state index >= 15 is 0 Å². The van der Waals surface area contributed by atoms with E-state index in [1.807, 2.05) is 39.0 Å². The number of benzene rings is 1. The molecule has 1 amide bonds. The molecular formula is C22H28N2O5S. The van der Waals surface area contributed by atoms with Crippen molar-refractivity contribution in [2.75, 3.05) is 20.3 Å². The molecule has 1 aromatic rings. The van der Waals surface area contributed by atoms with E-state index in [1.54, 1.807) is 11.8 Å². The number of fused-ring (bicyclic) bond motifs is 1. The number of thioether (sulfide) groups is 1. The molecule has 0 aromatic heterocycles. The number of allylic oxidation sites excluding steroid dienone is 1. The van der Waals surface area contributed by atoms with Crippen molar-refractivity contribution in [2.24, 2.45) is 4.99 Å². The van der Waals surface area contributed by atoms with E-state index in [2.05, 4.69) is 4.99 Å². The molecule has 3 rings (SSSR count). The zero-order chi connectivity index (χ0) is 21.8. The van der Waals surface area contributed by atoms with Gasteiger partial charge in [0.2, 0.25) is 5.91 Å². The van der Waals surface area contributed by atoms with Gasteiger partial charge in [-0.1, -0.05) is 31.7 Å². The number of hydrogen-bond donors (Lipinski definition) is 0. The molecule has 0 aliphatic carbocycles. The average molecular weight is 433 g/mol. The number of amidine groups is 1. The second-order valence-corrected chi connectivity index (χ2v) is 8.17. The van der Waals surface area contributed by atoms with Gasteiger partial charge in [-0.15, -0.1) is 0 Å². The fraction of sp³-hybridized carbons (Fsp3) is 0.500. The van der Waals surface area contributed by atoms with Crippen molar-refractivity contribution < 1.29 is 23.8 Å². The molecule has 2 aliphatic heterocycles. The predicted octanol–water partition coefficient (Wildman–Crippen LogP) is 4.09. The quantitative estimate of drug-likeness (QED) is 0.576. The van der Waals surface area contributed by atoms with E-state index < -0.39 is 12.0 Å². The fourth-order valence-corrected chi connectivity index (χ4v) is 4.70. The number of amides is 1. The van der Waals surface area contributed by atoms with Crippen LogP contribution in [0.4, 0.5) is 0 Å². The molecule has 162 valence electrons. The Hall–Kier alpha value is -2.48. The number of hydrogen-bond acceptors (Lipinski definition) is 7. The van der Waals surface area contributed by atoms with Gasteiger partial charge in [0.15, 0.2) is 16.7 Å². The summed E-state index contributed by atoms with van der Waals surface area (Å²) in [6.45, 7) is 8.73. The van der Waals surface area contributed by atoms with Gasteiger partial charge in [-0.25, -0.2) is 9.79 Å². The zero-order valence-electron chi connectivity index (χ0n) is 18.1. The second-order valence-electron chi connectivity index (χ2n) is 7.00. The van der Waals surface area contributed by atoms with E-state index in [0.29, 0.717) is 47.6 Å². The van der Waals surface area contributed by atoms with E-state index in [9.17, 15) is 9.59 Å². The summed E-state index contributed by atoms with van der Waals surface area (Å²) in [5.41, 5.74) is 1.66. The number of esters is 1. The molecular weight excluding hydrogens is 404 g/mol. The third-order valence-electron chi connectivity index (χ3n) is 4.97. The Balaban J connectivity index is 2.12. The van der Waals surface area contributed by atoms with Crippen molar-refractivity contribution in [2.45, 2.75) is 51.8 Å². The van der Waals surface area contributed by atoms with Crippen LogP contribution in [-0.4, -0.2) is 47.5 Å². The maximum absolute atomic E-state index is 13.1. The molecule has 2 aliphatic rings. The number of carbonyl (C=O) groups excluding carboxylic acids is 2. The minimum Gasteiger partial charge on any atom is -0.490 e. The Morgan fingerprint density at radius 3 is 2.60 bits per heavy atom. The Labute approximate surface area is 181 Å². The van der Waals surface area contributed by atoms with Crippen LogP contribution < -0.4 is 9.47 Å². The van der Waals surface area contributed by atoms with Gasteiger partial charge in [-0.3, -0.25) is 9.69 Å². The smallest absolute Gasteiger partial charge is 0.338 e. The Morgan fingerprint density at radius 2 is 1.97 bits per heavy atom. The Kier molecular flexibility index (Phi) is 7.07. The minimum atomic E-state index is -0.624. The first-order valence-corrected chi connectivity index (χ1v) is 11.1. The highest BCUT2D eigenvalue weighted by molar-refractivity contribution is 8.15. The van der Waals surface area contributed by atoms with Crippen LogP contribution in [0.25, 0.3) is 0 Å². The van der Waals surface area contributed by atoms with Gasteiger partial charge in [0, 0.05) is 0 Å². The molecule has 7 nitrogen and oxygen atoms in total. The van der Waals surface area contributed by atoms with E-state index in [4.69, 9.17) is 14.2 Å². The van der Waals surface area contributed by atoms with Crippen LogP contribution in [-0.2, 0) is 14.3 Å². The molecule has 1 fully saturated rings. The summed E-state index contributed by atoms with van der Waals surface area (Å²) >= 11 is 1.44. The Bertz CT molecular complexity index is 896. The molecule has 0 saturated carbocycles. The minimum absolute atomic E-state index is 0.0515. The number of methoxy groups -OCH3 is 1. The van der Waals surface area contributed by atoms with Crippen LogP contribution in [0, 0.1) is 0 Å². The lowest BCUT2D eigenvalue weighted by atomic mass is 9.94. The van der Waals surface area contributed by atoms with Gasteiger partial charge in [0.1, 0.15) is 0 Å². The summed E-state index contributed by atoms with van der Waals surface area (Å²) in [7, 11) is 1.33. The van der Waals surface area contributed by atoms with Crippen molar-refractivity contribution >= 4 is 28.8 Å². The lowest BCUT2D eigenvalue weighted by Crippen LogP contribution is -2.40. The largest absolute Gasteiger partial charge is 0.490 e. The third-order valence-corrected chi connectivity index (χ3v) is 6.29. The fourth-order valence-electron chi connectivity index (χ4n) is 3.57. The third kappa shape index (κ3) is 4.05. The van der Waals surface area contributed by atoms with Crippen LogP contribution in [0.2, 0.25) is 0 Å². The number of carbonyl (C=O) groups is 2. The summed E-state index contributed by atoms with van der Waals surface area (Å²) in [6.07, 6.45) is 1.56. The van der Waals surface area contributed by atoms with Gasteiger partial charge in [-0.2, -0.15) is 0 Å². The molecule has 0 unspecified atom stereocenters. The number of aliphatic imine (C=N–C) groups is 1. The van der Waals surface area contributed by atoms with E-state index in [-0.39, 0.29) is 11.2 Å². The summed E-state index contributed by atoms with van der Waals surface area (Å²) in [6, 6.07) is 4.92. The molecule has 1 aromatic carbocycles. The highest BCUT2D eigenvalue weighted by Gasteiger charge is 2.47. The maximum atomic E-state index is 13.1. The first-order chi connectivity index (χ1) is 14.5. The van der Waals surface area contributed by atoms with Crippen molar-refractivity contribution in [3.63, 3.8) is 0 Å². The number of nitrogens with zero attached hydrogens (tertiary/aromatic N) is 2. The van der Waals surface area contributed by atoms with Crippen molar-refractivity contribution in [1.29, 1.82) is 0 Å². The van der Waals surface area contributed by atoms with E-state index in [1.165, 1.54) is 18.9 Å². The number of rotatable bonds is 8. The molecule has 0 radical (unpaired) electrons. The van der Waals surface area contributed by atoms with Gasteiger partial charge < -0.3 is 14.2 Å². The summed E-state index contributed by atoms with van der Waals surface area (Å²) in [5.74, 6) is 0.675. The van der Waals surface area contributed by atoms with Crippen LogP contribution in [0.3, 0.4) is 0 Å². The topological polar surface area (TPSA) is 77.4 Å². The average Bonchev–Trinajstić information content (AvgIpc) is 3.06. The summed E-state index contributed by atoms with van der Waals surface area (Å²) < 4.78 is 16.6. The Morgan fingerprint density at radius 1 is 1.20 bits per heavy atom. The number of ether oxygens (including phenoxy) is 3. The molecule has 0 bridgehead atoms. The lowest BCUT2D eigenvalue weighted by molar-refractivity contribution is -0.137. The molecule has 0 N–H and O–H groups in total. The van der Waals surface area contributed by atoms with Gasteiger partial charge in [0.25, 0.3) is 0 Å².